The number of fused-ring (bicyclic) bond motifs is 1. The second-order valence-corrected chi connectivity index (χ2v) is 7.56. The largest absolute Gasteiger partial charge is 0.479 e. The number of nitrogens with one attached hydrogen (secondary N) is 1. The molecule has 0 spiro atoms. The van der Waals surface area contributed by atoms with E-state index in [2.05, 4.69) is 21.2 Å². The molecule has 1 atom stereocenters. The number of rotatable bonds is 4. The first-order valence-corrected chi connectivity index (χ1v) is 9.21. The Kier molecular flexibility index (Phi) is 5.01. The number of hydrogen-bond donors (Lipinski definition) is 2. The highest BCUT2D eigenvalue weighted by Gasteiger charge is 2.45. The SMILES string of the molecule is CC=Cc1c(C)cccc1C(=O)NC1(C(=O)O)Cc2ccc(Br)cc2C1. The summed E-state index contributed by atoms with van der Waals surface area (Å²) < 4.78 is 0.901. The van der Waals surface area contributed by atoms with Crippen LogP contribution in [0.1, 0.15) is 39.5 Å². The van der Waals surface area contributed by atoms with Gasteiger partial charge in [0.05, 0.1) is 0 Å². The number of carboxylic acids is 1. The molecule has 0 saturated heterocycles. The van der Waals surface area contributed by atoms with Crippen molar-refractivity contribution >= 4 is 33.9 Å². The number of hydrogen-bond acceptors (Lipinski definition) is 2. The smallest absolute Gasteiger partial charge is 0.330 e. The van der Waals surface area contributed by atoms with Gasteiger partial charge in [-0.05, 0) is 54.3 Å². The Morgan fingerprint density at radius 1 is 1.19 bits per heavy atom. The van der Waals surface area contributed by atoms with Crippen molar-refractivity contribution in [1.29, 1.82) is 0 Å². The van der Waals surface area contributed by atoms with E-state index in [1.807, 2.05) is 56.3 Å². The molecule has 0 heterocycles. The van der Waals surface area contributed by atoms with Crippen molar-refractivity contribution in [3.05, 3.63) is 74.8 Å². The molecule has 0 aliphatic heterocycles. The maximum absolute atomic E-state index is 13.0. The summed E-state index contributed by atoms with van der Waals surface area (Å²) in [6.07, 6.45) is 4.29. The molecule has 134 valence electrons. The predicted molar refractivity (Wildman–Crippen MR) is 105 cm³/mol. The lowest BCUT2D eigenvalue weighted by Crippen LogP contribution is -2.55. The van der Waals surface area contributed by atoms with Crippen LogP contribution in [0.4, 0.5) is 0 Å². The fourth-order valence-corrected chi connectivity index (χ4v) is 3.90. The van der Waals surface area contributed by atoms with E-state index in [9.17, 15) is 14.7 Å². The van der Waals surface area contributed by atoms with E-state index in [4.69, 9.17) is 0 Å². The molecule has 0 radical (unpaired) electrons. The molecule has 2 aromatic carbocycles. The fraction of sp³-hybridized carbons (Fsp3) is 0.238. The van der Waals surface area contributed by atoms with Crippen molar-refractivity contribution in [2.24, 2.45) is 0 Å². The van der Waals surface area contributed by atoms with E-state index >= 15 is 0 Å². The molecule has 5 heteroatoms. The second-order valence-electron chi connectivity index (χ2n) is 6.64. The van der Waals surface area contributed by atoms with E-state index < -0.39 is 11.5 Å². The number of allylic oxidation sites excluding steroid dienone is 1. The summed E-state index contributed by atoms with van der Waals surface area (Å²) in [5, 5.41) is 12.7. The van der Waals surface area contributed by atoms with Gasteiger partial charge in [-0.1, -0.05) is 46.3 Å². The van der Waals surface area contributed by atoms with Gasteiger partial charge in [0.1, 0.15) is 5.54 Å². The van der Waals surface area contributed by atoms with Gasteiger partial charge in [0.2, 0.25) is 0 Å². The van der Waals surface area contributed by atoms with Gasteiger partial charge >= 0.3 is 5.97 Å². The molecule has 1 unspecified atom stereocenters. The third-order valence-electron chi connectivity index (χ3n) is 4.82. The van der Waals surface area contributed by atoms with Crippen LogP contribution >= 0.6 is 15.9 Å². The molecule has 1 aliphatic carbocycles. The standard InChI is InChI=1S/C21H20BrNO3/c1-3-5-17-13(2)6-4-7-18(17)19(24)23-21(20(25)26)11-14-8-9-16(22)10-15(14)12-21/h3-10H,11-12H2,1-2H3,(H,23,24)(H,25,26). The first-order chi connectivity index (χ1) is 12.4. The van der Waals surface area contributed by atoms with Crippen LogP contribution in [-0.4, -0.2) is 22.5 Å². The van der Waals surface area contributed by atoms with Gasteiger partial charge in [0.15, 0.2) is 0 Å². The van der Waals surface area contributed by atoms with Crippen LogP contribution in [0, 0.1) is 6.92 Å². The van der Waals surface area contributed by atoms with Crippen molar-refractivity contribution in [1.82, 2.24) is 5.32 Å². The average Bonchev–Trinajstić information content (AvgIpc) is 2.95. The molecule has 3 rings (SSSR count). The van der Waals surface area contributed by atoms with Crippen LogP contribution in [0.25, 0.3) is 6.08 Å². The fourth-order valence-electron chi connectivity index (χ4n) is 3.49. The molecule has 26 heavy (non-hydrogen) atoms. The van der Waals surface area contributed by atoms with Crippen LogP contribution in [0.15, 0.2) is 46.9 Å². The maximum atomic E-state index is 13.0. The number of benzene rings is 2. The van der Waals surface area contributed by atoms with Crippen molar-refractivity contribution in [2.75, 3.05) is 0 Å². The zero-order valence-electron chi connectivity index (χ0n) is 14.7. The maximum Gasteiger partial charge on any atom is 0.330 e. The molecule has 4 nitrogen and oxygen atoms in total. The van der Waals surface area contributed by atoms with E-state index in [-0.39, 0.29) is 18.7 Å². The summed E-state index contributed by atoms with van der Waals surface area (Å²) in [5.74, 6) is -1.38. The van der Waals surface area contributed by atoms with Crippen LogP contribution in [0.3, 0.4) is 0 Å². The molecule has 0 saturated carbocycles. The summed E-state index contributed by atoms with van der Waals surface area (Å²) in [6, 6.07) is 11.2. The third kappa shape index (κ3) is 3.31. The number of carbonyl (C=O) groups excluding carboxylic acids is 1. The van der Waals surface area contributed by atoms with Crippen LogP contribution < -0.4 is 5.32 Å². The van der Waals surface area contributed by atoms with Gasteiger partial charge in [-0.2, -0.15) is 0 Å². The highest BCUT2D eigenvalue weighted by atomic mass is 79.9. The molecule has 1 amide bonds. The summed E-state index contributed by atoms with van der Waals surface area (Å²) in [4.78, 5) is 25.0. The van der Waals surface area contributed by atoms with Gasteiger partial charge in [-0.15, -0.1) is 0 Å². The van der Waals surface area contributed by atoms with Crippen molar-refractivity contribution in [2.45, 2.75) is 32.2 Å². The highest BCUT2D eigenvalue weighted by Crippen LogP contribution is 2.33. The summed E-state index contributed by atoms with van der Waals surface area (Å²) in [7, 11) is 0. The first-order valence-electron chi connectivity index (χ1n) is 8.42. The Balaban J connectivity index is 1.95. The minimum absolute atomic E-state index is 0.271. The molecule has 0 aromatic heterocycles. The number of aliphatic carboxylic acids is 1. The van der Waals surface area contributed by atoms with E-state index in [1.165, 1.54) is 0 Å². The van der Waals surface area contributed by atoms with E-state index in [0.717, 1.165) is 26.7 Å². The van der Waals surface area contributed by atoms with Crippen molar-refractivity contribution in [3.8, 4) is 0 Å². The average molecular weight is 414 g/mol. The van der Waals surface area contributed by atoms with Gasteiger partial charge in [0.25, 0.3) is 5.91 Å². The summed E-state index contributed by atoms with van der Waals surface area (Å²) in [5.41, 5.74) is 2.84. The van der Waals surface area contributed by atoms with Gasteiger partial charge < -0.3 is 10.4 Å². The lowest BCUT2D eigenvalue weighted by molar-refractivity contribution is -0.144. The predicted octanol–water partition coefficient (Wildman–Crippen LogP) is 4.14. The Hall–Kier alpha value is -2.40. The second kappa shape index (κ2) is 7.08. The lowest BCUT2D eigenvalue weighted by atomic mass is 9.94. The van der Waals surface area contributed by atoms with Gasteiger partial charge in [0, 0.05) is 22.9 Å². The monoisotopic (exact) mass is 413 g/mol. The molecule has 0 fully saturated rings. The van der Waals surface area contributed by atoms with Crippen molar-refractivity contribution < 1.29 is 14.7 Å². The zero-order chi connectivity index (χ0) is 18.9. The third-order valence-corrected chi connectivity index (χ3v) is 5.31. The quantitative estimate of drug-likeness (QED) is 0.790. The van der Waals surface area contributed by atoms with Crippen LogP contribution in [-0.2, 0) is 17.6 Å². The number of aryl methyl sites for hydroxylation is 1. The lowest BCUT2D eigenvalue weighted by Gasteiger charge is -2.26. The Morgan fingerprint density at radius 3 is 2.62 bits per heavy atom. The number of carbonyl (C=O) groups is 2. The van der Waals surface area contributed by atoms with Gasteiger partial charge in [-0.3, -0.25) is 4.79 Å². The Morgan fingerprint density at radius 2 is 1.92 bits per heavy atom. The Labute approximate surface area is 161 Å². The van der Waals surface area contributed by atoms with E-state index in [0.29, 0.717) is 5.56 Å². The topological polar surface area (TPSA) is 66.4 Å². The molecular formula is C21H20BrNO3. The van der Waals surface area contributed by atoms with Crippen LogP contribution in [0.5, 0.6) is 0 Å². The first kappa shape index (κ1) is 18.4. The zero-order valence-corrected chi connectivity index (χ0v) is 16.3. The molecule has 0 bridgehead atoms. The number of carboxylic acid groups (broad SMARTS) is 1. The molecular weight excluding hydrogens is 394 g/mol. The molecule has 2 aromatic rings. The molecule has 1 aliphatic rings. The summed E-state index contributed by atoms with van der Waals surface area (Å²) >= 11 is 3.42. The Bertz CT molecular complexity index is 919. The minimum atomic E-state index is -1.32. The van der Waals surface area contributed by atoms with E-state index in [1.54, 1.807) is 6.07 Å². The van der Waals surface area contributed by atoms with Crippen LogP contribution in [0.2, 0.25) is 0 Å². The molecule has 2 N–H and O–H groups in total. The van der Waals surface area contributed by atoms with Crippen molar-refractivity contribution in [3.63, 3.8) is 0 Å². The normalized spacial score (nSPS) is 18.7. The summed E-state index contributed by atoms with van der Waals surface area (Å²) in [6.45, 7) is 3.82. The number of halogens is 1. The highest BCUT2D eigenvalue weighted by molar-refractivity contribution is 9.10. The minimum Gasteiger partial charge on any atom is -0.479 e. The van der Waals surface area contributed by atoms with Gasteiger partial charge in [-0.25, -0.2) is 4.79 Å². The number of amides is 1.